The van der Waals surface area contributed by atoms with E-state index in [4.69, 9.17) is 10.5 Å². The number of rotatable bonds is 4. The van der Waals surface area contributed by atoms with E-state index in [2.05, 4.69) is 5.32 Å². The van der Waals surface area contributed by atoms with Crippen molar-refractivity contribution in [1.29, 1.82) is 0 Å². The maximum atomic E-state index is 12.1. The highest BCUT2D eigenvalue weighted by Crippen LogP contribution is 2.04. The number of nitrogens with zero attached hydrogens (tertiary/aromatic N) is 1. The Labute approximate surface area is 113 Å². The van der Waals surface area contributed by atoms with Crippen LogP contribution in [0.15, 0.2) is 30.3 Å². The first kappa shape index (κ1) is 13.8. The van der Waals surface area contributed by atoms with Crippen molar-refractivity contribution in [2.45, 2.75) is 12.5 Å². The number of nitrogens with two attached hydrogens (primary N) is 1. The molecular formula is C14H21N3O2. The van der Waals surface area contributed by atoms with Crippen molar-refractivity contribution in [1.82, 2.24) is 10.2 Å². The van der Waals surface area contributed by atoms with Crippen molar-refractivity contribution >= 4 is 6.03 Å². The van der Waals surface area contributed by atoms with Crippen LogP contribution in [0, 0.1) is 0 Å². The second-order valence-electron chi connectivity index (χ2n) is 4.67. The van der Waals surface area contributed by atoms with Crippen molar-refractivity contribution in [3.63, 3.8) is 0 Å². The highest BCUT2D eigenvalue weighted by molar-refractivity contribution is 5.74. The molecule has 1 saturated heterocycles. The van der Waals surface area contributed by atoms with E-state index in [1.54, 1.807) is 4.90 Å². The van der Waals surface area contributed by atoms with Gasteiger partial charge in [0.1, 0.15) is 0 Å². The zero-order chi connectivity index (χ0) is 13.5. The van der Waals surface area contributed by atoms with Crippen LogP contribution >= 0.6 is 0 Å². The lowest BCUT2D eigenvalue weighted by Gasteiger charge is -2.29. The molecule has 1 fully saturated rings. The van der Waals surface area contributed by atoms with Crippen LogP contribution in [0.3, 0.4) is 0 Å². The van der Waals surface area contributed by atoms with Crippen LogP contribution in [0.4, 0.5) is 4.79 Å². The molecule has 104 valence electrons. The van der Waals surface area contributed by atoms with Gasteiger partial charge in [0, 0.05) is 25.7 Å². The lowest BCUT2D eigenvalue weighted by Crippen LogP contribution is -2.51. The van der Waals surface area contributed by atoms with Gasteiger partial charge in [-0.1, -0.05) is 30.3 Å². The number of carbonyl (C=O) groups is 1. The number of urea groups is 1. The average Bonchev–Trinajstić information content (AvgIpc) is 2.48. The molecule has 1 aromatic rings. The first-order valence-electron chi connectivity index (χ1n) is 6.67. The van der Waals surface area contributed by atoms with Gasteiger partial charge < -0.3 is 20.7 Å². The quantitative estimate of drug-likeness (QED) is 0.836. The van der Waals surface area contributed by atoms with Crippen LogP contribution < -0.4 is 11.1 Å². The standard InChI is InChI=1S/C14H21N3O2/c15-11-13(10-12-4-2-1-3-5-12)16-14(18)17-6-8-19-9-7-17/h1-5,13H,6-11,15H2,(H,16,18). The maximum absolute atomic E-state index is 12.1. The molecule has 3 N–H and O–H groups in total. The monoisotopic (exact) mass is 263 g/mol. The lowest BCUT2D eigenvalue weighted by molar-refractivity contribution is 0.0525. The summed E-state index contributed by atoms with van der Waals surface area (Å²) < 4.78 is 5.23. The van der Waals surface area contributed by atoms with E-state index in [9.17, 15) is 4.79 Å². The largest absolute Gasteiger partial charge is 0.378 e. The summed E-state index contributed by atoms with van der Waals surface area (Å²) in [5, 5.41) is 2.99. The molecule has 0 radical (unpaired) electrons. The maximum Gasteiger partial charge on any atom is 0.317 e. The smallest absolute Gasteiger partial charge is 0.317 e. The van der Waals surface area contributed by atoms with Gasteiger partial charge in [-0.2, -0.15) is 0 Å². The molecule has 1 aliphatic heterocycles. The third kappa shape index (κ3) is 4.22. The summed E-state index contributed by atoms with van der Waals surface area (Å²) in [6.07, 6.45) is 0.757. The van der Waals surface area contributed by atoms with Crippen LogP contribution in [0.2, 0.25) is 0 Å². The second-order valence-corrected chi connectivity index (χ2v) is 4.67. The summed E-state index contributed by atoms with van der Waals surface area (Å²) in [4.78, 5) is 13.8. The van der Waals surface area contributed by atoms with E-state index in [1.165, 1.54) is 5.56 Å². The topological polar surface area (TPSA) is 67.6 Å². The highest BCUT2D eigenvalue weighted by Gasteiger charge is 2.19. The zero-order valence-electron chi connectivity index (χ0n) is 11.0. The Morgan fingerprint density at radius 1 is 1.32 bits per heavy atom. The van der Waals surface area contributed by atoms with Crippen LogP contribution in [0.5, 0.6) is 0 Å². The molecule has 2 amide bonds. The SMILES string of the molecule is NCC(Cc1ccccc1)NC(=O)N1CCOCC1. The van der Waals surface area contributed by atoms with E-state index in [0.717, 1.165) is 6.42 Å². The van der Waals surface area contributed by atoms with Crippen molar-refractivity contribution in [3.05, 3.63) is 35.9 Å². The van der Waals surface area contributed by atoms with Crippen molar-refractivity contribution in [2.75, 3.05) is 32.8 Å². The minimum Gasteiger partial charge on any atom is -0.378 e. The van der Waals surface area contributed by atoms with Crippen LogP contribution in [-0.2, 0) is 11.2 Å². The minimum atomic E-state index is -0.0466. The number of ether oxygens (including phenoxy) is 1. The molecule has 2 rings (SSSR count). The number of hydrogen-bond donors (Lipinski definition) is 2. The molecule has 1 aromatic carbocycles. The molecule has 1 heterocycles. The Hall–Kier alpha value is -1.59. The van der Waals surface area contributed by atoms with E-state index >= 15 is 0 Å². The molecule has 5 nitrogen and oxygen atoms in total. The van der Waals surface area contributed by atoms with Gasteiger partial charge in [-0.3, -0.25) is 0 Å². The van der Waals surface area contributed by atoms with Gasteiger partial charge in [-0.05, 0) is 12.0 Å². The third-order valence-electron chi connectivity index (χ3n) is 3.24. The average molecular weight is 263 g/mol. The molecule has 5 heteroatoms. The molecule has 0 spiro atoms. The van der Waals surface area contributed by atoms with E-state index in [-0.39, 0.29) is 12.1 Å². The summed E-state index contributed by atoms with van der Waals surface area (Å²) in [5.74, 6) is 0. The number of amides is 2. The van der Waals surface area contributed by atoms with Gasteiger partial charge in [0.15, 0.2) is 0 Å². The van der Waals surface area contributed by atoms with E-state index in [0.29, 0.717) is 32.8 Å². The molecule has 0 bridgehead atoms. The summed E-state index contributed by atoms with van der Waals surface area (Å²) in [6.45, 7) is 2.95. The van der Waals surface area contributed by atoms with Gasteiger partial charge in [-0.15, -0.1) is 0 Å². The first-order chi connectivity index (χ1) is 9.29. The fraction of sp³-hybridized carbons (Fsp3) is 0.500. The van der Waals surface area contributed by atoms with Gasteiger partial charge in [0.05, 0.1) is 13.2 Å². The molecule has 0 aliphatic carbocycles. The van der Waals surface area contributed by atoms with Crippen LogP contribution in [-0.4, -0.2) is 49.8 Å². The number of benzene rings is 1. The van der Waals surface area contributed by atoms with Gasteiger partial charge in [0.25, 0.3) is 0 Å². The molecule has 1 unspecified atom stereocenters. The number of hydrogen-bond acceptors (Lipinski definition) is 3. The van der Waals surface area contributed by atoms with Crippen LogP contribution in [0.1, 0.15) is 5.56 Å². The summed E-state index contributed by atoms with van der Waals surface area (Å²) in [7, 11) is 0. The number of morpholine rings is 1. The predicted molar refractivity (Wildman–Crippen MR) is 73.9 cm³/mol. The van der Waals surface area contributed by atoms with Crippen LogP contribution in [0.25, 0.3) is 0 Å². The normalized spacial score (nSPS) is 17.0. The Morgan fingerprint density at radius 3 is 2.63 bits per heavy atom. The van der Waals surface area contributed by atoms with E-state index < -0.39 is 0 Å². The van der Waals surface area contributed by atoms with Gasteiger partial charge in [0.2, 0.25) is 0 Å². The third-order valence-corrected chi connectivity index (χ3v) is 3.24. The molecule has 0 saturated carbocycles. The Morgan fingerprint density at radius 2 is 2.00 bits per heavy atom. The molecule has 1 atom stereocenters. The van der Waals surface area contributed by atoms with E-state index in [1.807, 2.05) is 30.3 Å². The van der Waals surface area contributed by atoms with Crippen molar-refractivity contribution < 1.29 is 9.53 Å². The summed E-state index contributed by atoms with van der Waals surface area (Å²) >= 11 is 0. The predicted octanol–water partition coefficient (Wildman–Crippen LogP) is 0.598. The molecular weight excluding hydrogens is 242 g/mol. The second kappa shape index (κ2) is 7.11. The van der Waals surface area contributed by atoms with Gasteiger partial charge >= 0.3 is 6.03 Å². The Bertz CT molecular complexity index is 391. The summed E-state index contributed by atoms with van der Waals surface area (Å²) in [6, 6.07) is 9.98. The molecule has 0 aromatic heterocycles. The highest BCUT2D eigenvalue weighted by atomic mass is 16.5. The fourth-order valence-corrected chi connectivity index (χ4v) is 2.12. The summed E-state index contributed by atoms with van der Waals surface area (Å²) in [5.41, 5.74) is 6.92. The van der Waals surface area contributed by atoms with Gasteiger partial charge in [-0.25, -0.2) is 4.79 Å². The number of nitrogens with one attached hydrogen (secondary N) is 1. The first-order valence-corrected chi connectivity index (χ1v) is 6.67. The zero-order valence-corrected chi connectivity index (χ0v) is 11.0. The fourth-order valence-electron chi connectivity index (χ4n) is 2.12. The Balaban J connectivity index is 1.86. The van der Waals surface area contributed by atoms with Crippen molar-refractivity contribution in [3.8, 4) is 0 Å². The number of carbonyl (C=O) groups excluding carboxylic acids is 1. The Kier molecular flexibility index (Phi) is 5.18. The molecule has 1 aliphatic rings. The van der Waals surface area contributed by atoms with Crippen molar-refractivity contribution in [2.24, 2.45) is 5.73 Å². The minimum absolute atomic E-state index is 0.0299. The lowest BCUT2D eigenvalue weighted by atomic mass is 10.1. The molecule has 19 heavy (non-hydrogen) atoms.